The molecule has 182 valence electrons. The number of H-pyrrole nitrogens is 1. The first-order valence-electron chi connectivity index (χ1n) is 12.1. The first-order chi connectivity index (χ1) is 17.5. The molecule has 3 aromatic carbocycles. The van der Waals surface area contributed by atoms with Gasteiger partial charge >= 0.3 is 0 Å². The standard InChI is InChI=1S/C29H26FN3O3/c1-36-25-9-5-3-7-21(25)28-27-22(20-6-2-4-8-23(20)31-27)16-24-29(35)32(17-26(34)33(24)28)15-14-18-10-12-19(30)13-11-18/h2-13,24,28,31H,14-17H2,1H3. The number of piperazine rings is 1. The lowest BCUT2D eigenvalue weighted by Crippen LogP contribution is -2.63. The van der Waals surface area contributed by atoms with E-state index in [9.17, 15) is 14.0 Å². The second-order valence-electron chi connectivity index (χ2n) is 9.36. The maximum Gasteiger partial charge on any atom is 0.246 e. The van der Waals surface area contributed by atoms with Gasteiger partial charge < -0.3 is 19.5 Å². The van der Waals surface area contributed by atoms with Crippen molar-refractivity contribution >= 4 is 22.7 Å². The van der Waals surface area contributed by atoms with Crippen LogP contribution in [0.4, 0.5) is 4.39 Å². The maximum absolute atomic E-state index is 13.8. The fourth-order valence-electron chi connectivity index (χ4n) is 5.64. The monoisotopic (exact) mass is 483 g/mol. The maximum atomic E-state index is 13.8. The molecule has 0 aliphatic carbocycles. The largest absolute Gasteiger partial charge is 0.496 e. The SMILES string of the molecule is COc1ccccc1C1c2[nH]c3ccccc3c2CC2C(=O)N(CCc3ccc(F)cc3)CC(=O)N21. The number of aromatic amines is 1. The lowest BCUT2D eigenvalue weighted by Gasteiger charge is -2.47. The second-order valence-corrected chi connectivity index (χ2v) is 9.36. The number of benzene rings is 3. The summed E-state index contributed by atoms with van der Waals surface area (Å²) in [6, 6.07) is 20.9. The van der Waals surface area contributed by atoms with Gasteiger partial charge in [-0.05, 0) is 41.8 Å². The van der Waals surface area contributed by atoms with Crippen LogP contribution in [0.3, 0.4) is 0 Å². The Bertz CT molecular complexity index is 1460. The molecular weight excluding hydrogens is 457 g/mol. The lowest BCUT2D eigenvalue weighted by molar-refractivity contribution is -0.158. The van der Waals surface area contributed by atoms with Crippen LogP contribution in [0.25, 0.3) is 10.9 Å². The highest BCUT2D eigenvalue weighted by molar-refractivity contribution is 5.97. The van der Waals surface area contributed by atoms with Gasteiger partial charge in [0.25, 0.3) is 0 Å². The van der Waals surface area contributed by atoms with Crippen molar-refractivity contribution in [2.45, 2.75) is 24.9 Å². The predicted molar refractivity (Wildman–Crippen MR) is 134 cm³/mol. The number of methoxy groups -OCH3 is 1. The molecule has 1 N–H and O–H groups in total. The number of nitrogens with zero attached hydrogens (tertiary/aromatic N) is 2. The van der Waals surface area contributed by atoms with E-state index in [0.29, 0.717) is 25.1 Å². The smallest absolute Gasteiger partial charge is 0.246 e. The van der Waals surface area contributed by atoms with E-state index in [1.807, 2.05) is 42.5 Å². The zero-order chi connectivity index (χ0) is 24.8. The highest BCUT2D eigenvalue weighted by Gasteiger charge is 2.48. The van der Waals surface area contributed by atoms with Crippen molar-refractivity contribution < 1.29 is 18.7 Å². The minimum atomic E-state index is -0.610. The molecule has 0 bridgehead atoms. The molecule has 7 heteroatoms. The summed E-state index contributed by atoms with van der Waals surface area (Å²) in [6.07, 6.45) is 1.00. The van der Waals surface area contributed by atoms with Gasteiger partial charge in [0.15, 0.2) is 0 Å². The molecule has 0 radical (unpaired) electrons. The van der Waals surface area contributed by atoms with Crippen molar-refractivity contribution in [3.8, 4) is 5.75 Å². The van der Waals surface area contributed by atoms with Crippen molar-refractivity contribution in [3.05, 3.63) is 101 Å². The third-order valence-corrected chi connectivity index (χ3v) is 7.36. The summed E-state index contributed by atoms with van der Waals surface area (Å²) in [6.45, 7) is 0.415. The van der Waals surface area contributed by atoms with Crippen molar-refractivity contribution in [2.75, 3.05) is 20.2 Å². The van der Waals surface area contributed by atoms with Gasteiger partial charge in [0, 0.05) is 35.1 Å². The van der Waals surface area contributed by atoms with Crippen molar-refractivity contribution in [3.63, 3.8) is 0 Å². The molecule has 2 unspecified atom stereocenters. The van der Waals surface area contributed by atoms with Crippen LogP contribution in [-0.4, -0.2) is 52.8 Å². The number of carbonyl (C=O) groups is 2. The second kappa shape index (κ2) is 8.82. The lowest BCUT2D eigenvalue weighted by atomic mass is 9.86. The van der Waals surface area contributed by atoms with Gasteiger partial charge in [0.2, 0.25) is 11.8 Å². The number of para-hydroxylation sites is 2. The molecule has 0 saturated carbocycles. The summed E-state index contributed by atoms with van der Waals surface area (Å²) in [5, 5.41) is 1.07. The van der Waals surface area contributed by atoms with E-state index >= 15 is 0 Å². The molecule has 6 nitrogen and oxygen atoms in total. The molecule has 36 heavy (non-hydrogen) atoms. The summed E-state index contributed by atoms with van der Waals surface area (Å²) < 4.78 is 19.0. The number of amides is 2. The Labute approximate surface area is 208 Å². The molecule has 1 aromatic heterocycles. The number of halogens is 1. The Morgan fingerprint density at radius 1 is 1.00 bits per heavy atom. The molecule has 3 heterocycles. The third-order valence-electron chi connectivity index (χ3n) is 7.36. The molecule has 1 saturated heterocycles. The van der Waals surface area contributed by atoms with Crippen LogP contribution in [-0.2, 0) is 22.4 Å². The quantitative estimate of drug-likeness (QED) is 0.462. The number of aromatic nitrogens is 1. The van der Waals surface area contributed by atoms with Gasteiger partial charge in [-0.3, -0.25) is 9.59 Å². The fourth-order valence-corrected chi connectivity index (χ4v) is 5.64. The first kappa shape index (κ1) is 22.3. The van der Waals surface area contributed by atoms with Crippen LogP contribution in [0, 0.1) is 5.82 Å². The van der Waals surface area contributed by atoms with Crippen LogP contribution in [0.1, 0.15) is 28.4 Å². The van der Waals surface area contributed by atoms with Gasteiger partial charge in [0.1, 0.15) is 23.7 Å². The van der Waals surface area contributed by atoms with Crippen LogP contribution < -0.4 is 4.74 Å². The number of rotatable bonds is 5. The molecule has 0 spiro atoms. The molecule has 1 fully saturated rings. The summed E-state index contributed by atoms with van der Waals surface area (Å²) in [4.78, 5) is 34.4. The first-order valence-corrected chi connectivity index (χ1v) is 12.1. The van der Waals surface area contributed by atoms with Gasteiger partial charge in [-0.25, -0.2) is 4.39 Å². The minimum absolute atomic E-state index is 0.0116. The number of carbonyl (C=O) groups excluding carboxylic acids is 2. The predicted octanol–water partition coefficient (Wildman–Crippen LogP) is 4.24. The van der Waals surface area contributed by atoms with Gasteiger partial charge in [-0.15, -0.1) is 0 Å². The fraction of sp³-hybridized carbons (Fsp3) is 0.241. The van der Waals surface area contributed by atoms with Crippen molar-refractivity contribution in [1.82, 2.24) is 14.8 Å². The average molecular weight is 484 g/mol. The number of hydrogen-bond donors (Lipinski definition) is 1. The van der Waals surface area contributed by atoms with E-state index in [4.69, 9.17) is 4.74 Å². The van der Waals surface area contributed by atoms with Gasteiger partial charge in [0.05, 0.1) is 13.7 Å². The van der Waals surface area contributed by atoms with E-state index in [1.165, 1.54) is 12.1 Å². The Balaban J connectivity index is 1.40. The van der Waals surface area contributed by atoms with E-state index in [1.54, 1.807) is 29.0 Å². The normalized spacial score (nSPS) is 19.4. The van der Waals surface area contributed by atoms with Gasteiger partial charge in [-0.1, -0.05) is 48.5 Å². The van der Waals surface area contributed by atoms with Crippen molar-refractivity contribution in [2.24, 2.45) is 0 Å². The Morgan fingerprint density at radius 3 is 2.56 bits per heavy atom. The highest BCUT2D eigenvalue weighted by Crippen LogP contribution is 2.44. The number of nitrogens with one attached hydrogen (secondary N) is 1. The Hall–Kier alpha value is -4.13. The average Bonchev–Trinajstić information content (AvgIpc) is 3.28. The summed E-state index contributed by atoms with van der Waals surface area (Å²) >= 11 is 0. The third kappa shape index (κ3) is 3.63. The molecule has 2 aliphatic rings. The summed E-state index contributed by atoms with van der Waals surface area (Å²) in [7, 11) is 1.62. The molecule has 2 aliphatic heterocycles. The van der Waals surface area contributed by atoms with E-state index in [-0.39, 0.29) is 24.2 Å². The summed E-state index contributed by atoms with van der Waals surface area (Å²) in [5.74, 6) is 0.218. The van der Waals surface area contributed by atoms with Crippen LogP contribution in [0.15, 0.2) is 72.8 Å². The molecular formula is C29H26FN3O3. The Kier molecular flexibility index (Phi) is 5.48. The zero-order valence-corrected chi connectivity index (χ0v) is 19.9. The van der Waals surface area contributed by atoms with Crippen LogP contribution >= 0.6 is 0 Å². The summed E-state index contributed by atoms with van der Waals surface area (Å²) in [5.41, 5.74) is 4.74. The molecule has 2 amide bonds. The van der Waals surface area contributed by atoms with E-state index in [2.05, 4.69) is 11.1 Å². The topological polar surface area (TPSA) is 65.6 Å². The molecule has 6 rings (SSSR count). The molecule has 4 aromatic rings. The Morgan fingerprint density at radius 2 is 1.75 bits per heavy atom. The number of hydrogen-bond acceptors (Lipinski definition) is 3. The van der Waals surface area contributed by atoms with Gasteiger partial charge in [-0.2, -0.15) is 0 Å². The van der Waals surface area contributed by atoms with E-state index in [0.717, 1.165) is 33.3 Å². The van der Waals surface area contributed by atoms with Crippen molar-refractivity contribution in [1.29, 1.82) is 0 Å². The van der Waals surface area contributed by atoms with Crippen LogP contribution in [0.2, 0.25) is 0 Å². The molecule has 2 atom stereocenters. The number of fused-ring (bicyclic) bond motifs is 4. The zero-order valence-electron chi connectivity index (χ0n) is 19.9. The highest BCUT2D eigenvalue weighted by atomic mass is 19.1. The van der Waals surface area contributed by atoms with E-state index < -0.39 is 12.1 Å². The number of ether oxygens (including phenoxy) is 1. The van der Waals surface area contributed by atoms with Crippen LogP contribution in [0.5, 0.6) is 5.75 Å². The minimum Gasteiger partial charge on any atom is -0.496 e.